The van der Waals surface area contributed by atoms with Crippen molar-refractivity contribution in [2.75, 3.05) is 13.2 Å². The number of esters is 1. The Morgan fingerprint density at radius 3 is 2.62 bits per heavy atom. The SMILES string of the molecule is CCN1C2=C(C(=O)OC2)C(c2ccccc2C(F)(F)F)CC1(C)C(=O)O. The number of hydrogen-bond acceptors (Lipinski definition) is 4. The van der Waals surface area contributed by atoms with Crippen LogP contribution in [0.15, 0.2) is 35.5 Å². The molecule has 2 atom stereocenters. The molecule has 0 amide bonds. The van der Waals surface area contributed by atoms with E-state index < -0.39 is 35.1 Å². The van der Waals surface area contributed by atoms with E-state index in [1.165, 1.54) is 25.1 Å². The molecule has 0 fully saturated rings. The Morgan fingerprint density at radius 1 is 1.38 bits per heavy atom. The van der Waals surface area contributed by atoms with Gasteiger partial charge in [0.05, 0.1) is 16.8 Å². The van der Waals surface area contributed by atoms with Crippen molar-refractivity contribution in [2.45, 2.75) is 37.9 Å². The number of cyclic esters (lactones) is 1. The number of rotatable bonds is 3. The Hall–Kier alpha value is -2.51. The van der Waals surface area contributed by atoms with Gasteiger partial charge in [-0.25, -0.2) is 9.59 Å². The molecule has 1 aromatic carbocycles. The second-order valence-corrected chi connectivity index (χ2v) is 6.60. The number of likely N-dealkylation sites (N-methyl/N-ethyl adjacent to an activating group) is 1. The molecule has 26 heavy (non-hydrogen) atoms. The molecular formula is C18H18F3NO4. The van der Waals surface area contributed by atoms with Crippen LogP contribution in [-0.4, -0.2) is 40.6 Å². The summed E-state index contributed by atoms with van der Waals surface area (Å²) < 4.78 is 45.5. The molecule has 2 aliphatic rings. The molecule has 0 bridgehead atoms. The smallest absolute Gasteiger partial charge is 0.416 e. The van der Waals surface area contributed by atoms with Crippen molar-refractivity contribution < 1.29 is 32.6 Å². The highest BCUT2D eigenvalue weighted by atomic mass is 19.4. The molecule has 2 aliphatic heterocycles. The molecule has 0 radical (unpaired) electrons. The fraction of sp³-hybridized carbons (Fsp3) is 0.444. The number of carbonyl (C=O) groups excluding carboxylic acids is 1. The zero-order chi connectivity index (χ0) is 19.3. The fourth-order valence-electron chi connectivity index (χ4n) is 3.95. The average Bonchev–Trinajstić information content (AvgIpc) is 2.95. The zero-order valence-electron chi connectivity index (χ0n) is 14.3. The summed E-state index contributed by atoms with van der Waals surface area (Å²) in [5.74, 6) is -2.84. The number of nitrogens with zero attached hydrogens (tertiary/aromatic N) is 1. The molecule has 3 rings (SSSR count). The van der Waals surface area contributed by atoms with E-state index in [-0.39, 0.29) is 24.2 Å². The van der Waals surface area contributed by atoms with Crippen molar-refractivity contribution in [1.29, 1.82) is 0 Å². The van der Waals surface area contributed by atoms with Crippen LogP contribution >= 0.6 is 0 Å². The van der Waals surface area contributed by atoms with Gasteiger partial charge in [-0.1, -0.05) is 18.2 Å². The normalized spacial score (nSPS) is 26.0. The van der Waals surface area contributed by atoms with Gasteiger partial charge in [0.15, 0.2) is 0 Å². The Kier molecular flexibility index (Phi) is 4.24. The quantitative estimate of drug-likeness (QED) is 0.829. The Morgan fingerprint density at radius 2 is 2.04 bits per heavy atom. The number of ether oxygens (including phenoxy) is 1. The molecule has 2 heterocycles. The van der Waals surface area contributed by atoms with Gasteiger partial charge in [-0.2, -0.15) is 13.2 Å². The van der Waals surface area contributed by atoms with E-state index in [4.69, 9.17) is 4.74 Å². The lowest BCUT2D eigenvalue weighted by molar-refractivity contribution is -0.150. The number of halogens is 3. The lowest BCUT2D eigenvalue weighted by Crippen LogP contribution is -2.55. The summed E-state index contributed by atoms with van der Waals surface area (Å²) in [5, 5.41) is 9.77. The van der Waals surface area contributed by atoms with Gasteiger partial charge in [0.2, 0.25) is 0 Å². The molecule has 140 valence electrons. The van der Waals surface area contributed by atoms with Gasteiger partial charge in [-0.05, 0) is 31.9 Å². The summed E-state index contributed by atoms with van der Waals surface area (Å²) in [6.07, 6.45) is -4.77. The van der Waals surface area contributed by atoms with Crippen molar-refractivity contribution in [3.05, 3.63) is 46.7 Å². The topological polar surface area (TPSA) is 66.8 Å². The molecule has 1 aromatic rings. The number of carbonyl (C=O) groups is 2. The maximum absolute atomic E-state index is 13.5. The van der Waals surface area contributed by atoms with Gasteiger partial charge in [0.1, 0.15) is 12.1 Å². The number of benzene rings is 1. The second kappa shape index (κ2) is 6.03. The summed E-state index contributed by atoms with van der Waals surface area (Å²) in [5.41, 5.74) is -1.92. The number of carboxylic acids is 1. The van der Waals surface area contributed by atoms with Crippen LogP contribution in [0.25, 0.3) is 0 Å². The van der Waals surface area contributed by atoms with E-state index in [1.807, 2.05) is 0 Å². The van der Waals surface area contributed by atoms with Crippen LogP contribution in [0.2, 0.25) is 0 Å². The molecule has 2 unspecified atom stereocenters. The van der Waals surface area contributed by atoms with E-state index in [1.54, 1.807) is 11.8 Å². The van der Waals surface area contributed by atoms with Crippen LogP contribution in [0.3, 0.4) is 0 Å². The summed E-state index contributed by atoms with van der Waals surface area (Å²) in [6.45, 7) is 3.37. The number of carboxylic acid groups (broad SMARTS) is 1. The Balaban J connectivity index is 2.24. The van der Waals surface area contributed by atoms with Crippen LogP contribution in [0.1, 0.15) is 37.3 Å². The molecule has 0 aliphatic carbocycles. The average molecular weight is 369 g/mol. The number of hydrogen-bond donors (Lipinski definition) is 1. The minimum atomic E-state index is -4.61. The van der Waals surface area contributed by atoms with Crippen LogP contribution in [0.4, 0.5) is 13.2 Å². The van der Waals surface area contributed by atoms with Crippen molar-refractivity contribution in [3.63, 3.8) is 0 Å². The van der Waals surface area contributed by atoms with Crippen molar-refractivity contribution >= 4 is 11.9 Å². The summed E-state index contributed by atoms with van der Waals surface area (Å²) >= 11 is 0. The second-order valence-electron chi connectivity index (χ2n) is 6.60. The minimum Gasteiger partial charge on any atom is -0.480 e. The predicted molar refractivity (Wildman–Crippen MR) is 85.2 cm³/mol. The van der Waals surface area contributed by atoms with E-state index in [0.717, 1.165) is 6.07 Å². The molecule has 0 spiro atoms. The Bertz CT molecular complexity index is 802. The maximum atomic E-state index is 13.5. The first kappa shape index (κ1) is 18.3. The van der Waals surface area contributed by atoms with Gasteiger partial charge in [0.25, 0.3) is 0 Å². The summed E-state index contributed by atoms with van der Waals surface area (Å²) in [4.78, 5) is 25.8. The van der Waals surface area contributed by atoms with Gasteiger partial charge >= 0.3 is 18.1 Å². The summed E-state index contributed by atoms with van der Waals surface area (Å²) in [7, 11) is 0. The maximum Gasteiger partial charge on any atom is 0.416 e. The highest BCUT2D eigenvalue weighted by Crippen LogP contribution is 2.48. The number of aliphatic carboxylic acids is 1. The molecule has 0 aromatic heterocycles. The first-order valence-electron chi connectivity index (χ1n) is 8.18. The monoisotopic (exact) mass is 369 g/mol. The van der Waals surface area contributed by atoms with Crippen LogP contribution < -0.4 is 0 Å². The number of alkyl halides is 3. The van der Waals surface area contributed by atoms with Gasteiger partial charge in [0, 0.05) is 12.5 Å². The predicted octanol–water partition coefficient (Wildman–Crippen LogP) is 3.17. The summed E-state index contributed by atoms with van der Waals surface area (Å²) in [6, 6.07) is 4.97. The van der Waals surface area contributed by atoms with Crippen molar-refractivity contribution in [3.8, 4) is 0 Å². The third-order valence-electron chi connectivity index (χ3n) is 5.16. The first-order valence-corrected chi connectivity index (χ1v) is 8.18. The van der Waals surface area contributed by atoms with Crippen LogP contribution in [0, 0.1) is 0 Å². The van der Waals surface area contributed by atoms with Crippen molar-refractivity contribution in [2.24, 2.45) is 0 Å². The van der Waals surface area contributed by atoms with Crippen LogP contribution in [-0.2, 0) is 20.5 Å². The lowest BCUT2D eigenvalue weighted by atomic mass is 9.74. The molecule has 0 saturated heterocycles. The Labute approximate surface area is 148 Å². The van der Waals surface area contributed by atoms with Crippen LogP contribution in [0.5, 0.6) is 0 Å². The largest absolute Gasteiger partial charge is 0.480 e. The minimum absolute atomic E-state index is 0.102. The highest BCUT2D eigenvalue weighted by Gasteiger charge is 2.52. The third kappa shape index (κ3) is 2.64. The van der Waals surface area contributed by atoms with Crippen molar-refractivity contribution in [1.82, 2.24) is 4.90 Å². The van der Waals surface area contributed by atoms with E-state index in [2.05, 4.69) is 0 Å². The first-order chi connectivity index (χ1) is 12.1. The molecule has 8 heteroatoms. The van der Waals surface area contributed by atoms with Gasteiger partial charge in [-0.15, -0.1) is 0 Å². The lowest BCUT2D eigenvalue weighted by Gasteiger charge is -2.45. The third-order valence-corrected chi connectivity index (χ3v) is 5.16. The molecule has 1 N–H and O–H groups in total. The fourth-order valence-corrected chi connectivity index (χ4v) is 3.95. The molecule has 0 saturated carbocycles. The molecular weight excluding hydrogens is 351 g/mol. The van der Waals surface area contributed by atoms with E-state index in [0.29, 0.717) is 12.2 Å². The van der Waals surface area contributed by atoms with E-state index in [9.17, 15) is 27.9 Å². The van der Waals surface area contributed by atoms with Gasteiger partial charge < -0.3 is 14.7 Å². The van der Waals surface area contributed by atoms with Gasteiger partial charge in [-0.3, -0.25) is 0 Å². The van der Waals surface area contributed by atoms with E-state index >= 15 is 0 Å². The standard InChI is InChI=1S/C18H18F3NO4/c1-3-22-13-9-26-15(23)14(13)11(8-17(22,2)16(24)25)10-6-4-5-7-12(10)18(19,20)21/h4-7,11H,3,8-9H2,1-2H3,(H,24,25). The zero-order valence-corrected chi connectivity index (χ0v) is 14.3. The molecule has 5 nitrogen and oxygen atoms in total. The highest BCUT2D eigenvalue weighted by molar-refractivity contribution is 5.95.